The molecular weight excluding hydrogens is 216 g/mol. The molecule has 0 saturated carbocycles. The molecule has 0 aliphatic carbocycles. The highest BCUT2D eigenvalue weighted by atomic mass is 32.1. The number of benzene rings is 1. The summed E-state index contributed by atoms with van der Waals surface area (Å²) >= 11 is 1.70. The zero-order chi connectivity index (χ0) is 11.5. The molecule has 2 nitrogen and oxygen atoms in total. The number of hydrogen-bond acceptors (Lipinski definition) is 2. The van der Waals surface area contributed by atoms with Crippen LogP contribution in [0.4, 0.5) is 5.69 Å². The van der Waals surface area contributed by atoms with E-state index < -0.39 is 0 Å². The van der Waals surface area contributed by atoms with Crippen molar-refractivity contribution in [3.05, 3.63) is 46.2 Å². The van der Waals surface area contributed by atoms with Gasteiger partial charge in [-0.1, -0.05) is 18.2 Å². The van der Waals surface area contributed by atoms with Crippen molar-refractivity contribution in [3.8, 4) is 0 Å². The molecule has 2 aromatic rings. The Morgan fingerprint density at radius 3 is 2.50 bits per heavy atom. The summed E-state index contributed by atoms with van der Waals surface area (Å²) < 4.78 is 2.26. The third-order valence-electron chi connectivity index (χ3n) is 2.42. The maximum atomic E-state index is 4.66. The lowest BCUT2D eigenvalue weighted by atomic mass is 10.3. The van der Waals surface area contributed by atoms with E-state index in [1.807, 2.05) is 30.3 Å². The molecule has 0 fully saturated rings. The van der Waals surface area contributed by atoms with Gasteiger partial charge in [0.15, 0.2) is 4.80 Å². The van der Waals surface area contributed by atoms with Gasteiger partial charge in [-0.05, 0) is 32.9 Å². The summed E-state index contributed by atoms with van der Waals surface area (Å²) in [6, 6.07) is 10.5. The minimum Gasteiger partial charge on any atom is -0.319 e. The van der Waals surface area contributed by atoms with Crippen molar-refractivity contribution in [2.24, 2.45) is 4.99 Å². The van der Waals surface area contributed by atoms with Crippen LogP contribution in [0.15, 0.2) is 40.7 Å². The van der Waals surface area contributed by atoms with E-state index in [4.69, 9.17) is 0 Å². The molecule has 0 amide bonds. The van der Waals surface area contributed by atoms with Crippen LogP contribution >= 0.6 is 11.3 Å². The second-order valence-corrected chi connectivity index (χ2v) is 4.91. The van der Waals surface area contributed by atoms with E-state index in [9.17, 15) is 0 Å². The zero-order valence-corrected chi connectivity index (χ0v) is 10.7. The molecule has 0 radical (unpaired) electrons. The predicted octanol–water partition coefficient (Wildman–Crippen LogP) is 3.67. The average Bonchev–Trinajstić information content (AvgIpc) is 2.61. The SMILES string of the molecule is Cc1csc(=Nc2ccccc2)n1C(C)C. The van der Waals surface area contributed by atoms with Gasteiger partial charge in [-0.25, -0.2) is 4.99 Å². The van der Waals surface area contributed by atoms with Crippen molar-refractivity contribution < 1.29 is 0 Å². The van der Waals surface area contributed by atoms with Crippen LogP contribution in [0, 0.1) is 6.92 Å². The van der Waals surface area contributed by atoms with E-state index in [2.05, 4.69) is 35.7 Å². The smallest absolute Gasteiger partial charge is 0.190 e. The maximum absolute atomic E-state index is 4.66. The van der Waals surface area contributed by atoms with Gasteiger partial charge in [0.05, 0.1) is 5.69 Å². The van der Waals surface area contributed by atoms with Gasteiger partial charge in [-0.3, -0.25) is 0 Å². The number of thiazole rings is 1. The number of aromatic nitrogens is 1. The van der Waals surface area contributed by atoms with E-state index in [-0.39, 0.29) is 0 Å². The highest BCUT2D eigenvalue weighted by molar-refractivity contribution is 7.07. The first kappa shape index (κ1) is 11.1. The highest BCUT2D eigenvalue weighted by Crippen LogP contribution is 2.12. The molecule has 0 aliphatic heterocycles. The predicted molar refractivity (Wildman–Crippen MR) is 69.1 cm³/mol. The van der Waals surface area contributed by atoms with Gasteiger partial charge in [0, 0.05) is 17.1 Å². The first-order chi connectivity index (χ1) is 7.68. The molecule has 1 aromatic heterocycles. The van der Waals surface area contributed by atoms with Crippen molar-refractivity contribution in [3.63, 3.8) is 0 Å². The molecule has 2 rings (SSSR count). The fraction of sp³-hybridized carbons (Fsp3) is 0.308. The molecule has 16 heavy (non-hydrogen) atoms. The molecule has 1 heterocycles. The third-order valence-corrected chi connectivity index (χ3v) is 3.38. The Bertz CT molecular complexity index is 520. The molecule has 0 spiro atoms. The molecule has 0 atom stereocenters. The largest absolute Gasteiger partial charge is 0.319 e. The Labute approximate surface area is 99.9 Å². The van der Waals surface area contributed by atoms with Crippen molar-refractivity contribution in [2.75, 3.05) is 0 Å². The Morgan fingerprint density at radius 2 is 1.88 bits per heavy atom. The zero-order valence-electron chi connectivity index (χ0n) is 9.84. The van der Waals surface area contributed by atoms with Crippen LogP contribution in [0.25, 0.3) is 0 Å². The Balaban J connectivity index is 2.53. The van der Waals surface area contributed by atoms with Crippen LogP contribution in [0.5, 0.6) is 0 Å². The van der Waals surface area contributed by atoms with Gasteiger partial charge in [0.1, 0.15) is 0 Å². The summed E-state index contributed by atoms with van der Waals surface area (Å²) in [6.07, 6.45) is 0. The van der Waals surface area contributed by atoms with Gasteiger partial charge in [0.25, 0.3) is 0 Å². The summed E-state index contributed by atoms with van der Waals surface area (Å²) in [7, 11) is 0. The summed E-state index contributed by atoms with van der Waals surface area (Å²) in [5.41, 5.74) is 2.29. The van der Waals surface area contributed by atoms with Gasteiger partial charge >= 0.3 is 0 Å². The van der Waals surface area contributed by atoms with Crippen molar-refractivity contribution in [1.29, 1.82) is 0 Å². The van der Waals surface area contributed by atoms with Gasteiger partial charge in [0.2, 0.25) is 0 Å². The Hall–Kier alpha value is -1.35. The average molecular weight is 232 g/mol. The number of para-hydroxylation sites is 1. The minimum absolute atomic E-state index is 0.453. The van der Waals surface area contributed by atoms with Crippen molar-refractivity contribution >= 4 is 17.0 Å². The summed E-state index contributed by atoms with van der Waals surface area (Å²) in [6.45, 7) is 6.49. The van der Waals surface area contributed by atoms with Crippen molar-refractivity contribution in [2.45, 2.75) is 26.8 Å². The van der Waals surface area contributed by atoms with Crippen molar-refractivity contribution in [1.82, 2.24) is 4.57 Å². The van der Waals surface area contributed by atoms with Crippen LogP contribution in [0.3, 0.4) is 0 Å². The highest BCUT2D eigenvalue weighted by Gasteiger charge is 2.04. The number of rotatable bonds is 2. The minimum atomic E-state index is 0.453. The molecule has 0 unspecified atom stereocenters. The van der Waals surface area contributed by atoms with E-state index >= 15 is 0 Å². The summed E-state index contributed by atoms with van der Waals surface area (Å²) in [4.78, 5) is 5.73. The van der Waals surface area contributed by atoms with Gasteiger partial charge < -0.3 is 4.57 Å². The van der Waals surface area contributed by atoms with Crippen LogP contribution < -0.4 is 4.80 Å². The second-order valence-electron chi connectivity index (χ2n) is 4.07. The van der Waals surface area contributed by atoms with Gasteiger partial charge in [-0.15, -0.1) is 11.3 Å². The molecule has 0 aliphatic rings. The first-order valence-electron chi connectivity index (χ1n) is 5.45. The van der Waals surface area contributed by atoms with Crippen LogP contribution in [-0.4, -0.2) is 4.57 Å². The van der Waals surface area contributed by atoms with Crippen LogP contribution in [0.1, 0.15) is 25.6 Å². The molecule has 0 bridgehead atoms. The Kier molecular flexibility index (Phi) is 3.25. The van der Waals surface area contributed by atoms with E-state index in [1.165, 1.54) is 5.69 Å². The Morgan fingerprint density at radius 1 is 1.19 bits per heavy atom. The maximum Gasteiger partial charge on any atom is 0.190 e. The topological polar surface area (TPSA) is 17.3 Å². The number of nitrogens with zero attached hydrogens (tertiary/aromatic N) is 2. The van der Waals surface area contributed by atoms with Crippen LogP contribution in [0.2, 0.25) is 0 Å². The molecular formula is C13H16N2S. The fourth-order valence-electron chi connectivity index (χ4n) is 1.72. The normalized spacial score (nSPS) is 12.4. The lowest BCUT2D eigenvalue weighted by Gasteiger charge is -2.09. The molecule has 1 aromatic carbocycles. The lowest BCUT2D eigenvalue weighted by molar-refractivity contribution is 0.570. The molecule has 3 heteroatoms. The fourth-order valence-corrected chi connectivity index (χ4v) is 2.74. The monoisotopic (exact) mass is 232 g/mol. The molecule has 84 valence electrons. The molecule has 0 N–H and O–H groups in total. The van der Waals surface area contributed by atoms with E-state index in [0.717, 1.165) is 10.5 Å². The number of aryl methyl sites for hydroxylation is 1. The third kappa shape index (κ3) is 2.25. The number of hydrogen-bond donors (Lipinski definition) is 0. The molecule has 0 saturated heterocycles. The lowest BCUT2D eigenvalue weighted by Crippen LogP contribution is -2.17. The second kappa shape index (κ2) is 4.66. The van der Waals surface area contributed by atoms with E-state index in [0.29, 0.717) is 6.04 Å². The quantitative estimate of drug-likeness (QED) is 0.751. The van der Waals surface area contributed by atoms with E-state index in [1.54, 1.807) is 11.3 Å². The summed E-state index contributed by atoms with van der Waals surface area (Å²) in [5.74, 6) is 0. The standard InChI is InChI=1S/C13H16N2S/c1-10(2)15-11(3)9-16-13(15)14-12-7-5-4-6-8-12/h4-10H,1-3H3. The first-order valence-corrected chi connectivity index (χ1v) is 6.33. The van der Waals surface area contributed by atoms with Crippen LogP contribution in [-0.2, 0) is 0 Å². The van der Waals surface area contributed by atoms with Gasteiger partial charge in [-0.2, -0.15) is 0 Å². The summed E-state index contributed by atoms with van der Waals surface area (Å²) in [5, 5.41) is 2.15.